The maximum atomic E-state index is 5.77. The highest BCUT2D eigenvalue weighted by molar-refractivity contribution is 7.14. The van der Waals surface area contributed by atoms with Crippen LogP contribution in [-0.2, 0) is 0 Å². The van der Waals surface area contributed by atoms with E-state index in [0.29, 0.717) is 41.0 Å². The van der Waals surface area contributed by atoms with Crippen molar-refractivity contribution in [3.63, 3.8) is 0 Å². The molecule has 0 aliphatic carbocycles. The number of rotatable bonds is 9. The fraction of sp³-hybridized carbons (Fsp3) is 0.350. The van der Waals surface area contributed by atoms with Crippen molar-refractivity contribution in [3.8, 4) is 50.6 Å². The number of benzene rings is 1. The minimum Gasteiger partial charge on any atom is -0.493 e. The van der Waals surface area contributed by atoms with Gasteiger partial charge in [0, 0.05) is 10.9 Å². The summed E-state index contributed by atoms with van der Waals surface area (Å²) in [6, 6.07) is 3.70. The molecule has 0 aliphatic rings. The first-order valence-corrected chi connectivity index (χ1v) is 9.72. The standard InChI is InChI=1S/C20H24N2O6S/c1-7-28-22-11-21-16(17(22)20-19(27-6)15(25-4)10-29-20)12-8-13(23-2)18(26-5)14(9-12)24-3/h8-11H,7H2,1-6H3. The van der Waals surface area contributed by atoms with E-state index >= 15 is 0 Å². The van der Waals surface area contributed by atoms with Crippen molar-refractivity contribution < 1.29 is 28.5 Å². The van der Waals surface area contributed by atoms with Crippen LogP contribution >= 0.6 is 11.3 Å². The van der Waals surface area contributed by atoms with Gasteiger partial charge in [-0.15, -0.1) is 11.3 Å². The Balaban J connectivity index is 2.26. The zero-order valence-corrected chi connectivity index (χ0v) is 18.1. The van der Waals surface area contributed by atoms with Crippen LogP contribution in [0.3, 0.4) is 0 Å². The van der Waals surface area contributed by atoms with Crippen molar-refractivity contribution in [3.05, 3.63) is 23.8 Å². The molecule has 0 radical (unpaired) electrons. The van der Waals surface area contributed by atoms with E-state index in [4.69, 9.17) is 28.5 Å². The monoisotopic (exact) mass is 420 g/mol. The van der Waals surface area contributed by atoms with Gasteiger partial charge in [0.05, 0.1) is 35.5 Å². The van der Waals surface area contributed by atoms with Crippen molar-refractivity contribution in [2.24, 2.45) is 0 Å². The molecule has 2 heterocycles. The maximum absolute atomic E-state index is 5.77. The predicted molar refractivity (Wildman–Crippen MR) is 111 cm³/mol. The zero-order chi connectivity index (χ0) is 21.0. The Kier molecular flexibility index (Phi) is 6.38. The molecule has 3 rings (SSSR count). The van der Waals surface area contributed by atoms with Gasteiger partial charge in [-0.1, -0.05) is 0 Å². The van der Waals surface area contributed by atoms with Gasteiger partial charge >= 0.3 is 0 Å². The molecule has 2 aromatic heterocycles. The molecular weight excluding hydrogens is 396 g/mol. The van der Waals surface area contributed by atoms with E-state index in [1.54, 1.807) is 46.6 Å². The normalized spacial score (nSPS) is 10.6. The topological polar surface area (TPSA) is 73.2 Å². The van der Waals surface area contributed by atoms with Crippen LogP contribution in [0.2, 0.25) is 0 Å². The molecule has 0 N–H and O–H groups in total. The smallest absolute Gasteiger partial charge is 0.203 e. The van der Waals surface area contributed by atoms with Crippen LogP contribution in [0.15, 0.2) is 23.8 Å². The Labute approximate surface area is 173 Å². The third-order valence-corrected chi connectivity index (χ3v) is 5.24. The highest BCUT2D eigenvalue weighted by Crippen LogP contribution is 2.48. The highest BCUT2D eigenvalue weighted by Gasteiger charge is 2.25. The van der Waals surface area contributed by atoms with Crippen LogP contribution in [-0.4, -0.2) is 51.9 Å². The molecule has 156 valence electrons. The maximum Gasteiger partial charge on any atom is 0.203 e. The van der Waals surface area contributed by atoms with Crippen LogP contribution < -0.4 is 28.5 Å². The Bertz CT molecular complexity index is 957. The third kappa shape index (κ3) is 3.65. The summed E-state index contributed by atoms with van der Waals surface area (Å²) in [5.74, 6) is 2.85. The summed E-state index contributed by atoms with van der Waals surface area (Å²) >= 11 is 1.48. The number of nitrogens with zero attached hydrogens (tertiary/aromatic N) is 2. The number of methoxy groups -OCH3 is 5. The van der Waals surface area contributed by atoms with Gasteiger partial charge in [0.25, 0.3) is 0 Å². The Morgan fingerprint density at radius 1 is 0.862 bits per heavy atom. The molecule has 9 heteroatoms. The predicted octanol–water partition coefficient (Wildman–Crippen LogP) is 3.77. The Hall–Kier alpha value is -3.07. The number of thiophene rings is 1. The molecule has 29 heavy (non-hydrogen) atoms. The SMILES string of the molecule is CCOn1cnc(-c2cc(OC)c(OC)c(OC)c2)c1-c1scc(OC)c1OC. The number of ether oxygens (including phenoxy) is 5. The molecule has 0 fully saturated rings. The first-order valence-electron chi connectivity index (χ1n) is 8.84. The largest absolute Gasteiger partial charge is 0.493 e. The van der Waals surface area contributed by atoms with Crippen molar-refractivity contribution >= 4 is 11.3 Å². The molecule has 0 amide bonds. The fourth-order valence-corrected chi connectivity index (χ4v) is 4.05. The lowest BCUT2D eigenvalue weighted by Crippen LogP contribution is -2.10. The van der Waals surface area contributed by atoms with Gasteiger partial charge in [0.15, 0.2) is 23.0 Å². The molecule has 0 unspecified atom stereocenters. The van der Waals surface area contributed by atoms with Gasteiger partial charge in [-0.25, -0.2) is 4.98 Å². The Morgan fingerprint density at radius 2 is 1.48 bits per heavy atom. The summed E-state index contributed by atoms with van der Waals surface area (Å²) in [4.78, 5) is 11.2. The average Bonchev–Trinajstić information content (AvgIpc) is 3.35. The second-order valence-corrected chi connectivity index (χ2v) is 6.65. The van der Waals surface area contributed by atoms with Gasteiger partial charge in [-0.05, 0) is 19.1 Å². The van der Waals surface area contributed by atoms with Crippen LogP contribution in [0.5, 0.6) is 28.7 Å². The van der Waals surface area contributed by atoms with Crippen LogP contribution in [0, 0.1) is 0 Å². The van der Waals surface area contributed by atoms with E-state index < -0.39 is 0 Å². The molecule has 0 saturated carbocycles. The van der Waals surface area contributed by atoms with Crippen molar-refractivity contribution in [1.29, 1.82) is 0 Å². The first kappa shape index (κ1) is 20.7. The minimum atomic E-state index is 0.475. The first-order chi connectivity index (χ1) is 14.1. The van der Waals surface area contributed by atoms with E-state index in [2.05, 4.69) is 4.98 Å². The molecule has 0 spiro atoms. The minimum absolute atomic E-state index is 0.475. The average molecular weight is 420 g/mol. The number of aromatic nitrogens is 2. The summed E-state index contributed by atoms with van der Waals surface area (Å²) in [7, 11) is 7.93. The van der Waals surface area contributed by atoms with Gasteiger partial charge in [0.1, 0.15) is 29.2 Å². The number of hydrogen-bond acceptors (Lipinski definition) is 8. The van der Waals surface area contributed by atoms with Crippen molar-refractivity contribution in [2.45, 2.75) is 6.92 Å². The third-order valence-electron chi connectivity index (χ3n) is 4.30. The molecule has 8 nitrogen and oxygen atoms in total. The van der Waals surface area contributed by atoms with E-state index in [9.17, 15) is 0 Å². The van der Waals surface area contributed by atoms with Gasteiger partial charge in [-0.3, -0.25) is 0 Å². The van der Waals surface area contributed by atoms with Gasteiger partial charge in [-0.2, -0.15) is 4.73 Å². The lowest BCUT2D eigenvalue weighted by molar-refractivity contribution is 0.125. The molecule has 1 aromatic carbocycles. The molecule has 0 atom stereocenters. The van der Waals surface area contributed by atoms with Crippen LogP contribution in [0.1, 0.15) is 6.92 Å². The van der Waals surface area contributed by atoms with E-state index in [-0.39, 0.29) is 0 Å². The summed E-state index contributed by atoms with van der Waals surface area (Å²) in [6.07, 6.45) is 1.63. The van der Waals surface area contributed by atoms with Crippen molar-refractivity contribution in [2.75, 3.05) is 42.2 Å². The molecule has 0 bridgehead atoms. The summed E-state index contributed by atoms with van der Waals surface area (Å²) < 4.78 is 29.1. The lowest BCUT2D eigenvalue weighted by atomic mass is 10.1. The fourth-order valence-electron chi connectivity index (χ4n) is 3.04. The molecule has 3 aromatic rings. The van der Waals surface area contributed by atoms with E-state index in [1.807, 2.05) is 24.4 Å². The quantitative estimate of drug-likeness (QED) is 0.522. The summed E-state index contributed by atoms with van der Waals surface area (Å²) in [5.41, 5.74) is 2.20. The second-order valence-electron chi connectivity index (χ2n) is 5.77. The zero-order valence-electron chi connectivity index (χ0n) is 17.3. The van der Waals surface area contributed by atoms with E-state index in [0.717, 1.165) is 16.1 Å². The highest BCUT2D eigenvalue weighted by atomic mass is 32.1. The van der Waals surface area contributed by atoms with Crippen LogP contribution in [0.25, 0.3) is 21.8 Å². The summed E-state index contributed by atoms with van der Waals surface area (Å²) in [6.45, 7) is 2.39. The second kappa shape index (κ2) is 8.95. The lowest BCUT2D eigenvalue weighted by Gasteiger charge is -2.15. The van der Waals surface area contributed by atoms with Gasteiger partial charge < -0.3 is 28.5 Å². The molecular formula is C20H24N2O6S. The molecule has 0 aliphatic heterocycles. The van der Waals surface area contributed by atoms with E-state index in [1.165, 1.54) is 11.3 Å². The summed E-state index contributed by atoms with van der Waals surface area (Å²) in [5, 5.41) is 1.89. The van der Waals surface area contributed by atoms with Crippen molar-refractivity contribution in [1.82, 2.24) is 9.71 Å². The van der Waals surface area contributed by atoms with Gasteiger partial charge in [0.2, 0.25) is 5.75 Å². The number of hydrogen-bond donors (Lipinski definition) is 0. The number of imidazole rings is 1. The molecule has 0 saturated heterocycles. The Morgan fingerprint density at radius 3 is 2.00 bits per heavy atom. The van der Waals surface area contributed by atoms with Crippen LogP contribution in [0.4, 0.5) is 0 Å².